The molecule has 1 aromatic rings. The van der Waals surface area contributed by atoms with Gasteiger partial charge in [0.2, 0.25) is 5.91 Å². The van der Waals surface area contributed by atoms with Crippen LogP contribution in [0.2, 0.25) is 0 Å². The first-order chi connectivity index (χ1) is 9.65. The van der Waals surface area contributed by atoms with E-state index >= 15 is 0 Å². The zero-order chi connectivity index (χ0) is 14.5. The van der Waals surface area contributed by atoms with E-state index in [1.165, 1.54) is 19.3 Å². The molecule has 0 N–H and O–H groups in total. The molecule has 1 fully saturated rings. The number of nitrogens with zero attached hydrogens (tertiary/aromatic N) is 2. The summed E-state index contributed by atoms with van der Waals surface area (Å²) < 4.78 is 0. The monoisotopic (exact) mass is 274 g/mol. The molecule has 20 heavy (non-hydrogen) atoms. The molecule has 0 bridgehead atoms. The molecule has 2 rings (SSSR count). The van der Waals surface area contributed by atoms with Gasteiger partial charge in [-0.25, -0.2) is 0 Å². The summed E-state index contributed by atoms with van der Waals surface area (Å²) in [5.41, 5.74) is 1.04. The summed E-state index contributed by atoms with van der Waals surface area (Å²) in [6.45, 7) is 1.95. The van der Waals surface area contributed by atoms with Gasteiger partial charge in [-0.15, -0.1) is 0 Å². The number of carbonyl (C=O) groups is 1. The van der Waals surface area contributed by atoms with E-state index in [-0.39, 0.29) is 5.91 Å². The summed E-state index contributed by atoms with van der Waals surface area (Å²) in [4.78, 5) is 16.8. The minimum Gasteiger partial charge on any atom is -0.308 e. The van der Waals surface area contributed by atoms with Crippen LogP contribution in [0.25, 0.3) is 0 Å². The van der Waals surface area contributed by atoms with Crippen LogP contribution >= 0.6 is 0 Å². The number of hydrogen-bond donors (Lipinski definition) is 0. The van der Waals surface area contributed by atoms with E-state index in [0.717, 1.165) is 12.1 Å². The predicted molar refractivity (Wildman–Crippen MR) is 84.0 cm³/mol. The van der Waals surface area contributed by atoms with Gasteiger partial charge in [0.05, 0.1) is 6.04 Å². The smallest absolute Gasteiger partial charge is 0.227 e. The Morgan fingerprint density at radius 3 is 2.25 bits per heavy atom. The number of para-hydroxylation sites is 1. The zero-order valence-corrected chi connectivity index (χ0v) is 12.9. The van der Waals surface area contributed by atoms with Crippen molar-refractivity contribution in [3.05, 3.63) is 30.3 Å². The van der Waals surface area contributed by atoms with Gasteiger partial charge in [0.15, 0.2) is 0 Å². The van der Waals surface area contributed by atoms with E-state index in [2.05, 4.69) is 31.1 Å². The second-order valence-corrected chi connectivity index (χ2v) is 5.84. The number of anilines is 1. The molecule has 3 nitrogen and oxygen atoms in total. The Kier molecular flexibility index (Phi) is 5.18. The molecule has 0 spiro atoms. The van der Waals surface area contributed by atoms with Crippen LogP contribution in [0.4, 0.5) is 5.69 Å². The maximum atomic E-state index is 12.5. The lowest BCUT2D eigenvalue weighted by Crippen LogP contribution is -2.53. The fourth-order valence-corrected chi connectivity index (χ4v) is 3.27. The highest BCUT2D eigenvalue weighted by molar-refractivity contribution is 5.93. The van der Waals surface area contributed by atoms with Gasteiger partial charge in [0.25, 0.3) is 0 Å². The van der Waals surface area contributed by atoms with Gasteiger partial charge in [0.1, 0.15) is 0 Å². The summed E-state index contributed by atoms with van der Waals surface area (Å²) in [5.74, 6) is 0.231. The Labute approximate surface area is 122 Å². The van der Waals surface area contributed by atoms with E-state index in [4.69, 9.17) is 0 Å². The quantitative estimate of drug-likeness (QED) is 0.841. The second kappa shape index (κ2) is 6.89. The molecule has 1 aromatic carbocycles. The molecular weight excluding hydrogens is 248 g/mol. The molecule has 0 heterocycles. The van der Waals surface area contributed by atoms with E-state index in [9.17, 15) is 4.79 Å². The molecular formula is C17H26N2O. The van der Waals surface area contributed by atoms with Crippen molar-refractivity contribution in [2.45, 2.75) is 51.1 Å². The van der Waals surface area contributed by atoms with Crippen molar-refractivity contribution in [3.8, 4) is 0 Å². The maximum absolute atomic E-state index is 12.5. The normalized spacial score (nSPS) is 22.8. The SMILES string of the molecule is CCC(=O)N(c1ccccc1)[C@H]1CCCC[C@@H]1N(C)C. The molecule has 1 aliphatic carbocycles. The van der Waals surface area contributed by atoms with Crippen LogP contribution in [-0.2, 0) is 4.79 Å². The van der Waals surface area contributed by atoms with Gasteiger partial charge in [-0.05, 0) is 39.1 Å². The van der Waals surface area contributed by atoms with Crippen molar-refractivity contribution >= 4 is 11.6 Å². The van der Waals surface area contributed by atoms with Gasteiger partial charge in [-0.1, -0.05) is 38.0 Å². The molecule has 0 saturated heterocycles. The summed E-state index contributed by atoms with van der Waals surface area (Å²) in [5, 5.41) is 0. The average Bonchev–Trinajstić information content (AvgIpc) is 2.48. The fourth-order valence-electron chi connectivity index (χ4n) is 3.27. The predicted octanol–water partition coefficient (Wildman–Crippen LogP) is 3.30. The van der Waals surface area contributed by atoms with E-state index in [1.807, 2.05) is 30.0 Å². The van der Waals surface area contributed by atoms with Gasteiger partial charge < -0.3 is 9.80 Å². The zero-order valence-electron chi connectivity index (χ0n) is 12.9. The van der Waals surface area contributed by atoms with Crippen molar-refractivity contribution in [2.24, 2.45) is 0 Å². The molecule has 2 atom stereocenters. The number of amides is 1. The van der Waals surface area contributed by atoms with Crippen LogP contribution in [0.1, 0.15) is 39.0 Å². The Morgan fingerprint density at radius 2 is 1.70 bits per heavy atom. The summed E-state index contributed by atoms with van der Waals surface area (Å²) >= 11 is 0. The number of rotatable bonds is 4. The third-order valence-corrected chi connectivity index (χ3v) is 4.29. The maximum Gasteiger partial charge on any atom is 0.227 e. The van der Waals surface area contributed by atoms with Gasteiger partial charge >= 0.3 is 0 Å². The first-order valence-corrected chi connectivity index (χ1v) is 7.68. The number of benzene rings is 1. The lowest BCUT2D eigenvalue weighted by Gasteiger charge is -2.42. The highest BCUT2D eigenvalue weighted by Crippen LogP contribution is 2.30. The largest absolute Gasteiger partial charge is 0.308 e. The van der Waals surface area contributed by atoms with E-state index in [0.29, 0.717) is 18.5 Å². The third kappa shape index (κ3) is 3.21. The minimum atomic E-state index is 0.231. The molecule has 0 aromatic heterocycles. The van der Waals surface area contributed by atoms with Crippen molar-refractivity contribution in [2.75, 3.05) is 19.0 Å². The summed E-state index contributed by atoms with van der Waals surface area (Å²) in [6, 6.07) is 10.9. The van der Waals surface area contributed by atoms with Crippen molar-refractivity contribution < 1.29 is 4.79 Å². The molecule has 0 radical (unpaired) electrons. The van der Waals surface area contributed by atoms with Crippen LogP contribution in [-0.4, -0.2) is 37.0 Å². The highest BCUT2D eigenvalue weighted by atomic mass is 16.2. The topological polar surface area (TPSA) is 23.6 Å². The number of carbonyl (C=O) groups excluding carboxylic acids is 1. The van der Waals surface area contributed by atoms with Gasteiger partial charge in [0, 0.05) is 18.2 Å². The van der Waals surface area contributed by atoms with Crippen molar-refractivity contribution in [3.63, 3.8) is 0 Å². The molecule has 3 heteroatoms. The van der Waals surface area contributed by atoms with Crippen LogP contribution in [0.15, 0.2) is 30.3 Å². The summed E-state index contributed by atoms with van der Waals surface area (Å²) in [6.07, 6.45) is 5.32. The Bertz CT molecular complexity index is 430. The van der Waals surface area contributed by atoms with E-state index < -0.39 is 0 Å². The molecule has 1 aliphatic rings. The van der Waals surface area contributed by atoms with Crippen LogP contribution in [0, 0.1) is 0 Å². The molecule has 0 aliphatic heterocycles. The van der Waals surface area contributed by atoms with Crippen molar-refractivity contribution in [1.29, 1.82) is 0 Å². The highest BCUT2D eigenvalue weighted by Gasteiger charge is 2.34. The molecule has 1 amide bonds. The first kappa shape index (κ1) is 15.0. The first-order valence-electron chi connectivity index (χ1n) is 7.68. The summed E-state index contributed by atoms with van der Waals surface area (Å²) in [7, 11) is 4.26. The lowest BCUT2D eigenvalue weighted by molar-refractivity contribution is -0.119. The average molecular weight is 274 g/mol. The number of likely N-dealkylation sites (N-methyl/N-ethyl adjacent to an activating group) is 1. The van der Waals surface area contributed by atoms with Crippen LogP contribution in [0.3, 0.4) is 0 Å². The van der Waals surface area contributed by atoms with Crippen LogP contribution in [0.5, 0.6) is 0 Å². The van der Waals surface area contributed by atoms with Crippen molar-refractivity contribution in [1.82, 2.24) is 4.90 Å². The Morgan fingerprint density at radius 1 is 1.10 bits per heavy atom. The molecule has 1 saturated carbocycles. The van der Waals surface area contributed by atoms with Crippen LogP contribution < -0.4 is 4.90 Å². The van der Waals surface area contributed by atoms with Gasteiger partial charge in [-0.3, -0.25) is 4.79 Å². The third-order valence-electron chi connectivity index (χ3n) is 4.29. The Hall–Kier alpha value is -1.35. The molecule has 0 unspecified atom stereocenters. The lowest BCUT2D eigenvalue weighted by atomic mass is 9.88. The Balaban J connectivity index is 2.32. The van der Waals surface area contributed by atoms with Gasteiger partial charge in [-0.2, -0.15) is 0 Å². The van der Waals surface area contributed by atoms with E-state index in [1.54, 1.807) is 0 Å². The second-order valence-electron chi connectivity index (χ2n) is 5.84. The number of hydrogen-bond acceptors (Lipinski definition) is 2. The standard InChI is InChI=1S/C17H26N2O/c1-4-17(20)19(14-10-6-5-7-11-14)16-13-9-8-12-15(16)18(2)3/h5-7,10-11,15-16H,4,8-9,12-13H2,1-3H3/t15-,16-/m0/s1. The fraction of sp³-hybridized carbons (Fsp3) is 0.588. The minimum absolute atomic E-state index is 0.231. The molecule has 110 valence electrons.